The Balaban J connectivity index is 1.54. The smallest absolute Gasteiger partial charge is 0.310 e. The second-order valence-corrected chi connectivity index (χ2v) is 6.14. The first-order valence-electron chi connectivity index (χ1n) is 7.79. The van der Waals surface area contributed by atoms with E-state index in [1.54, 1.807) is 18.3 Å². The van der Waals surface area contributed by atoms with E-state index < -0.39 is 11.9 Å². The number of esters is 1. The summed E-state index contributed by atoms with van der Waals surface area (Å²) in [6.07, 6.45) is 1.88. The average Bonchev–Trinajstić information content (AvgIpc) is 2.99. The van der Waals surface area contributed by atoms with Crippen molar-refractivity contribution in [3.05, 3.63) is 64.8 Å². The molecule has 0 atom stereocenters. The summed E-state index contributed by atoms with van der Waals surface area (Å²) in [5.74, 6) is -0.895. The number of nitrogens with one attached hydrogen (secondary N) is 2. The number of aromatic amines is 1. The number of aromatic nitrogens is 1. The van der Waals surface area contributed by atoms with Gasteiger partial charge in [0, 0.05) is 17.1 Å². The minimum Gasteiger partial charge on any atom is -0.455 e. The van der Waals surface area contributed by atoms with E-state index in [4.69, 9.17) is 16.3 Å². The Bertz CT molecular complexity index is 933. The molecule has 0 aliphatic heterocycles. The van der Waals surface area contributed by atoms with Gasteiger partial charge in [0.1, 0.15) is 0 Å². The van der Waals surface area contributed by atoms with Crippen LogP contribution in [0.15, 0.2) is 48.7 Å². The topological polar surface area (TPSA) is 71.2 Å². The van der Waals surface area contributed by atoms with Crippen molar-refractivity contribution in [2.75, 3.05) is 11.9 Å². The molecule has 25 heavy (non-hydrogen) atoms. The quantitative estimate of drug-likeness (QED) is 0.682. The molecule has 2 aromatic carbocycles. The predicted molar refractivity (Wildman–Crippen MR) is 97.8 cm³/mol. The Morgan fingerprint density at radius 2 is 2.00 bits per heavy atom. The van der Waals surface area contributed by atoms with Crippen molar-refractivity contribution in [2.45, 2.75) is 13.3 Å². The number of hydrogen-bond acceptors (Lipinski definition) is 3. The minimum absolute atomic E-state index is 0.0998. The molecule has 2 N–H and O–H groups in total. The van der Waals surface area contributed by atoms with Crippen LogP contribution in [0.4, 0.5) is 5.69 Å². The van der Waals surface area contributed by atoms with Gasteiger partial charge in [0.2, 0.25) is 0 Å². The van der Waals surface area contributed by atoms with E-state index >= 15 is 0 Å². The Morgan fingerprint density at radius 3 is 2.80 bits per heavy atom. The van der Waals surface area contributed by atoms with Crippen LogP contribution in [0, 0.1) is 6.92 Å². The largest absolute Gasteiger partial charge is 0.455 e. The first-order chi connectivity index (χ1) is 12.0. The highest BCUT2D eigenvalue weighted by Crippen LogP contribution is 2.22. The van der Waals surface area contributed by atoms with Crippen LogP contribution in [0.25, 0.3) is 10.9 Å². The van der Waals surface area contributed by atoms with Gasteiger partial charge in [0.15, 0.2) is 6.61 Å². The molecule has 0 fully saturated rings. The highest BCUT2D eigenvalue weighted by Gasteiger charge is 2.12. The lowest BCUT2D eigenvalue weighted by atomic mass is 10.1. The zero-order chi connectivity index (χ0) is 17.8. The lowest BCUT2D eigenvalue weighted by Gasteiger charge is -2.08. The van der Waals surface area contributed by atoms with Gasteiger partial charge in [-0.05, 0) is 36.2 Å². The normalized spacial score (nSPS) is 10.6. The van der Waals surface area contributed by atoms with Crippen LogP contribution >= 0.6 is 11.6 Å². The molecule has 3 aromatic rings. The van der Waals surface area contributed by atoms with E-state index in [1.807, 2.05) is 37.3 Å². The number of para-hydroxylation sites is 1. The molecule has 1 amide bonds. The molecule has 6 heteroatoms. The zero-order valence-corrected chi connectivity index (χ0v) is 14.4. The molecule has 0 unspecified atom stereocenters. The van der Waals surface area contributed by atoms with Crippen LogP contribution < -0.4 is 5.32 Å². The molecular formula is C19H17ClN2O3. The Kier molecular flexibility index (Phi) is 5.05. The van der Waals surface area contributed by atoms with Crippen LogP contribution in [0.1, 0.15) is 11.1 Å². The molecule has 5 nitrogen and oxygen atoms in total. The number of anilines is 1. The van der Waals surface area contributed by atoms with Gasteiger partial charge < -0.3 is 15.0 Å². The average molecular weight is 357 g/mol. The van der Waals surface area contributed by atoms with Crippen molar-refractivity contribution in [2.24, 2.45) is 0 Å². The van der Waals surface area contributed by atoms with Gasteiger partial charge in [0.05, 0.1) is 17.1 Å². The van der Waals surface area contributed by atoms with Crippen LogP contribution in [0.5, 0.6) is 0 Å². The number of carbonyl (C=O) groups is 2. The number of benzene rings is 2. The van der Waals surface area contributed by atoms with Gasteiger partial charge in [-0.1, -0.05) is 35.9 Å². The monoisotopic (exact) mass is 356 g/mol. The Hall–Kier alpha value is -2.79. The third kappa shape index (κ3) is 4.19. The fraction of sp³-hybridized carbons (Fsp3) is 0.158. The van der Waals surface area contributed by atoms with Crippen LogP contribution in [-0.4, -0.2) is 23.5 Å². The summed E-state index contributed by atoms with van der Waals surface area (Å²) in [5, 5.41) is 4.04. The molecule has 0 bridgehead atoms. The predicted octanol–water partition coefficient (Wildman–Crippen LogP) is 3.85. The highest BCUT2D eigenvalue weighted by molar-refractivity contribution is 6.33. The number of carbonyl (C=O) groups excluding carboxylic acids is 2. The molecule has 128 valence electrons. The molecule has 1 aromatic heterocycles. The summed E-state index contributed by atoms with van der Waals surface area (Å²) in [7, 11) is 0. The van der Waals surface area contributed by atoms with Gasteiger partial charge in [0.25, 0.3) is 5.91 Å². The second kappa shape index (κ2) is 7.40. The second-order valence-electron chi connectivity index (χ2n) is 5.73. The summed E-state index contributed by atoms with van der Waals surface area (Å²) in [6, 6.07) is 13.0. The maximum atomic E-state index is 12.0. The molecule has 3 rings (SSSR count). The summed E-state index contributed by atoms with van der Waals surface area (Å²) < 4.78 is 5.05. The number of hydrogen-bond donors (Lipinski definition) is 2. The number of H-pyrrole nitrogens is 1. The third-order valence-corrected chi connectivity index (χ3v) is 4.09. The number of aryl methyl sites for hydroxylation is 1. The number of fused-ring (bicyclic) bond motifs is 1. The maximum absolute atomic E-state index is 12.0. The first-order valence-corrected chi connectivity index (χ1v) is 8.17. The Labute approximate surface area is 149 Å². The highest BCUT2D eigenvalue weighted by atomic mass is 35.5. The van der Waals surface area contributed by atoms with Gasteiger partial charge in [-0.3, -0.25) is 9.59 Å². The molecule has 0 aliphatic carbocycles. The summed E-state index contributed by atoms with van der Waals surface area (Å²) in [6.45, 7) is 1.55. The van der Waals surface area contributed by atoms with E-state index in [9.17, 15) is 9.59 Å². The van der Waals surface area contributed by atoms with Crippen LogP contribution in [0.3, 0.4) is 0 Å². The SMILES string of the molecule is Cc1ccc(NC(=O)COC(=O)Cc2c[nH]c3ccccc23)c(Cl)c1. The van der Waals surface area contributed by atoms with Gasteiger partial charge in [-0.25, -0.2) is 0 Å². The van der Waals surface area contributed by atoms with Crippen molar-refractivity contribution in [1.29, 1.82) is 0 Å². The lowest BCUT2D eigenvalue weighted by Crippen LogP contribution is -2.21. The molecule has 0 saturated heterocycles. The maximum Gasteiger partial charge on any atom is 0.310 e. The minimum atomic E-state index is -0.463. The molecule has 1 heterocycles. The number of ether oxygens (including phenoxy) is 1. The zero-order valence-electron chi connectivity index (χ0n) is 13.6. The van der Waals surface area contributed by atoms with Crippen molar-refractivity contribution >= 4 is 40.1 Å². The molecule has 0 saturated carbocycles. The van der Waals surface area contributed by atoms with Gasteiger partial charge in [-0.2, -0.15) is 0 Å². The number of halogens is 1. The van der Waals surface area contributed by atoms with Crippen molar-refractivity contribution < 1.29 is 14.3 Å². The van der Waals surface area contributed by atoms with Gasteiger partial charge >= 0.3 is 5.97 Å². The standard InChI is InChI=1S/C19H17ClN2O3/c1-12-6-7-17(15(20)8-12)22-18(23)11-25-19(24)9-13-10-21-16-5-3-2-4-14(13)16/h2-8,10,21H,9,11H2,1H3,(H,22,23). The fourth-order valence-electron chi connectivity index (χ4n) is 2.54. The summed E-state index contributed by atoms with van der Waals surface area (Å²) in [5.41, 5.74) is 3.28. The Morgan fingerprint density at radius 1 is 1.20 bits per heavy atom. The summed E-state index contributed by atoms with van der Waals surface area (Å²) in [4.78, 5) is 27.0. The van der Waals surface area contributed by atoms with E-state index in [2.05, 4.69) is 10.3 Å². The number of rotatable bonds is 5. The van der Waals surface area contributed by atoms with Crippen LogP contribution in [-0.2, 0) is 20.7 Å². The number of amides is 1. The van der Waals surface area contributed by atoms with E-state index in [1.165, 1.54) is 0 Å². The molecule has 0 aliphatic rings. The third-order valence-electron chi connectivity index (χ3n) is 3.77. The van der Waals surface area contributed by atoms with Crippen molar-refractivity contribution in [3.63, 3.8) is 0 Å². The molecule has 0 radical (unpaired) electrons. The molecule has 0 spiro atoms. The summed E-state index contributed by atoms with van der Waals surface area (Å²) >= 11 is 6.06. The van der Waals surface area contributed by atoms with E-state index in [0.29, 0.717) is 10.7 Å². The van der Waals surface area contributed by atoms with E-state index in [-0.39, 0.29) is 13.0 Å². The first kappa shape index (κ1) is 17.0. The van der Waals surface area contributed by atoms with Gasteiger partial charge in [-0.15, -0.1) is 0 Å². The van der Waals surface area contributed by atoms with E-state index in [0.717, 1.165) is 22.0 Å². The molecular weight excluding hydrogens is 340 g/mol. The van der Waals surface area contributed by atoms with Crippen LogP contribution in [0.2, 0.25) is 5.02 Å². The fourth-order valence-corrected chi connectivity index (χ4v) is 2.82. The lowest BCUT2D eigenvalue weighted by molar-refractivity contribution is -0.146. The van der Waals surface area contributed by atoms with Crippen molar-refractivity contribution in [3.8, 4) is 0 Å². The van der Waals surface area contributed by atoms with Crippen molar-refractivity contribution in [1.82, 2.24) is 4.98 Å².